The first-order valence-corrected chi connectivity index (χ1v) is 6.07. The maximum Gasteiger partial charge on any atom is 0.135 e. The van der Waals surface area contributed by atoms with Gasteiger partial charge < -0.3 is 5.11 Å². The topological polar surface area (TPSA) is 33.1 Å². The maximum atomic E-state index is 9.28. The molecule has 1 fully saturated rings. The molecule has 1 aliphatic carbocycles. The highest BCUT2D eigenvalue weighted by Crippen LogP contribution is 2.39. The molecule has 18 heavy (non-hydrogen) atoms. The first-order valence-electron chi connectivity index (χ1n) is 6.07. The summed E-state index contributed by atoms with van der Waals surface area (Å²) in [6.07, 6.45) is 5.68. The van der Waals surface area contributed by atoms with Crippen molar-refractivity contribution in [3.63, 3.8) is 0 Å². The Kier molecular flexibility index (Phi) is 2.74. The second kappa shape index (κ2) is 4.54. The minimum absolute atomic E-state index is 0.144. The van der Waals surface area contributed by atoms with E-state index in [9.17, 15) is 5.11 Å². The molecule has 2 heteroatoms. The summed E-state index contributed by atoms with van der Waals surface area (Å²) in [5.74, 6) is 6.99. The molecule has 1 heterocycles. The number of aromatic hydroxyl groups is 1. The molecule has 0 spiro atoms. The van der Waals surface area contributed by atoms with Crippen molar-refractivity contribution < 1.29 is 5.11 Å². The van der Waals surface area contributed by atoms with Crippen molar-refractivity contribution in [2.75, 3.05) is 0 Å². The number of hydrogen-bond donors (Lipinski definition) is 1. The standard InChI is InChI=1S/C16H13NO/c18-16-9-13(10-17-11-16)2-1-12-3-5-14(6-4-12)15-7-8-15/h3-6,9-11,15,18H,7-8H2. The van der Waals surface area contributed by atoms with E-state index in [-0.39, 0.29) is 5.75 Å². The molecule has 0 amide bonds. The number of benzene rings is 1. The van der Waals surface area contributed by atoms with Crippen LogP contribution in [0.5, 0.6) is 5.75 Å². The number of pyridine rings is 1. The molecule has 0 atom stereocenters. The van der Waals surface area contributed by atoms with Crippen molar-refractivity contribution in [2.24, 2.45) is 0 Å². The van der Waals surface area contributed by atoms with Crippen LogP contribution in [0.2, 0.25) is 0 Å². The van der Waals surface area contributed by atoms with E-state index in [1.54, 1.807) is 12.3 Å². The van der Waals surface area contributed by atoms with Crippen LogP contribution in [0.4, 0.5) is 0 Å². The summed E-state index contributed by atoms with van der Waals surface area (Å²) in [5.41, 5.74) is 3.13. The van der Waals surface area contributed by atoms with Crippen LogP contribution in [-0.4, -0.2) is 10.1 Å². The molecule has 1 aromatic heterocycles. The van der Waals surface area contributed by atoms with Crippen molar-refractivity contribution in [3.05, 3.63) is 59.4 Å². The van der Waals surface area contributed by atoms with Gasteiger partial charge in [-0.25, -0.2) is 0 Å². The smallest absolute Gasteiger partial charge is 0.135 e. The van der Waals surface area contributed by atoms with Gasteiger partial charge in [0.25, 0.3) is 0 Å². The molecule has 0 radical (unpaired) electrons. The Morgan fingerprint density at radius 1 is 1.00 bits per heavy atom. The van der Waals surface area contributed by atoms with E-state index in [0.29, 0.717) is 0 Å². The van der Waals surface area contributed by atoms with Crippen molar-refractivity contribution >= 4 is 0 Å². The maximum absolute atomic E-state index is 9.28. The van der Waals surface area contributed by atoms with E-state index >= 15 is 0 Å². The van der Waals surface area contributed by atoms with Crippen LogP contribution >= 0.6 is 0 Å². The molecule has 0 bridgehead atoms. The average Bonchev–Trinajstić information content (AvgIpc) is 3.21. The molecule has 0 unspecified atom stereocenters. The number of hydrogen-bond acceptors (Lipinski definition) is 2. The van der Waals surface area contributed by atoms with E-state index in [1.807, 2.05) is 0 Å². The SMILES string of the molecule is Oc1cncc(C#Cc2ccc(C3CC3)cc2)c1. The molecule has 2 nitrogen and oxygen atoms in total. The zero-order valence-corrected chi connectivity index (χ0v) is 9.93. The largest absolute Gasteiger partial charge is 0.506 e. The second-order valence-corrected chi connectivity index (χ2v) is 4.58. The fourth-order valence-corrected chi connectivity index (χ4v) is 1.90. The molecule has 88 valence electrons. The number of rotatable bonds is 1. The van der Waals surface area contributed by atoms with Crippen LogP contribution in [0, 0.1) is 11.8 Å². The summed E-state index contributed by atoms with van der Waals surface area (Å²) < 4.78 is 0. The fourth-order valence-electron chi connectivity index (χ4n) is 1.90. The van der Waals surface area contributed by atoms with E-state index in [4.69, 9.17) is 0 Å². The predicted molar refractivity (Wildman–Crippen MR) is 70.3 cm³/mol. The predicted octanol–water partition coefficient (Wildman–Crippen LogP) is 3.06. The summed E-state index contributed by atoms with van der Waals surface area (Å²) in [5, 5.41) is 9.28. The van der Waals surface area contributed by atoms with Crippen LogP contribution in [0.3, 0.4) is 0 Å². The summed E-state index contributed by atoms with van der Waals surface area (Å²) in [6.45, 7) is 0. The zero-order valence-electron chi connectivity index (χ0n) is 9.93. The summed E-state index contributed by atoms with van der Waals surface area (Å²) in [6, 6.07) is 10.0. The van der Waals surface area contributed by atoms with Crippen molar-refractivity contribution in [1.29, 1.82) is 0 Å². The number of aromatic nitrogens is 1. The van der Waals surface area contributed by atoms with Crippen molar-refractivity contribution in [1.82, 2.24) is 4.98 Å². The summed E-state index contributed by atoms with van der Waals surface area (Å²) in [4.78, 5) is 3.89. The Morgan fingerprint density at radius 3 is 2.39 bits per heavy atom. The van der Waals surface area contributed by atoms with Gasteiger partial charge in [0.05, 0.1) is 6.20 Å². The highest BCUT2D eigenvalue weighted by atomic mass is 16.3. The fraction of sp³-hybridized carbons (Fsp3) is 0.188. The lowest BCUT2D eigenvalue weighted by Gasteiger charge is -1.96. The van der Waals surface area contributed by atoms with Gasteiger partial charge in [0.15, 0.2) is 0 Å². The number of nitrogens with zero attached hydrogens (tertiary/aromatic N) is 1. The van der Waals surface area contributed by atoms with Crippen LogP contribution in [0.15, 0.2) is 42.7 Å². The molecule has 1 N–H and O–H groups in total. The molecule has 3 rings (SSSR count). The van der Waals surface area contributed by atoms with Crippen molar-refractivity contribution in [2.45, 2.75) is 18.8 Å². The Balaban J connectivity index is 1.79. The molecule has 1 saturated carbocycles. The van der Waals surface area contributed by atoms with Gasteiger partial charge in [-0.1, -0.05) is 24.0 Å². The molecular formula is C16H13NO. The zero-order chi connectivity index (χ0) is 12.4. The monoisotopic (exact) mass is 235 g/mol. The third kappa shape index (κ3) is 2.52. The first-order chi connectivity index (χ1) is 8.81. The lowest BCUT2D eigenvalue weighted by atomic mass is 10.1. The van der Waals surface area contributed by atoms with Crippen LogP contribution in [0.1, 0.15) is 35.4 Å². The lowest BCUT2D eigenvalue weighted by Crippen LogP contribution is -1.81. The van der Waals surface area contributed by atoms with Gasteiger partial charge in [0.2, 0.25) is 0 Å². The molecule has 1 aliphatic rings. The van der Waals surface area contributed by atoms with E-state index < -0.39 is 0 Å². The minimum Gasteiger partial charge on any atom is -0.506 e. The van der Waals surface area contributed by atoms with E-state index in [0.717, 1.165) is 17.0 Å². The van der Waals surface area contributed by atoms with E-state index in [1.165, 1.54) is 24.6 Å². The third-order valence-electron chi connectivity index (χ3n) is 3.03. The van der Waals surface area contributed by atoms with Gasteiger partial charge in [-0.05, 0) is 42.5 Å². The third-order valence-corrected chi connectivity index (χ3v) is 3.03. The lowest BCUT2D eigenvalue weighted by molar-refractivity contribution is 0.472. The highest BCUT2D eigenvalue weighted by molar-refractivity contribution is 5.44. The Bertz CT molecular complexity index is 616. The molecule has 1 aromatic carbocycles. The Labute approximate surface area is 106 Å². The van der Waals surface area contributed by atoms with Gasteiger partial charge in [-0.15, -0.1) is 0 Å². The molecular weight excluding hydrogens is 222 g/mol. The van der Waals surface area contributed by atoms with Crippen molar-refractivity contribution in [3.8, 4) is 17.6 Å². The molecule has 0 saturated heterocycles. The molecule has 2 aromatic rings. The van der Waals surface area contributed by atoms with Crippen LogP contribution in [-0.2, 0) is 0 Å². The van der Waals surface area contributed by atoms with E-state index in [2.05, 4.69) is 41.1 Å². The van der Waals surface area contributed by atoms with Gasteiger partial charge in [0, 0.05) is 17.3 Å². The van der Waals surface area contributed by atoms with Gasteiger partial charge in [0.1, 0.15) is 5.75 Å². The van der Waals surface area contributed by atoms with Crippen LogP contribution in [0.25, 0.3) is 0 Å². The first kappa shape index (κ1) is 10.9. The normalized spacial score (nSPS) is 13.8. The Hall–Kier alpha value is -2.27. The van der Waals surface area contributed by atoms with Crippen LogP contribution < -0.4 is 0 Å². The highest BCUT2D eigenvalue weighted by Gasteiger charge is 2.22. The summed E-state index contributed by atoms with van der Waals surface area (Å²) in [7, 11) is 0. The summed E-state index contributed by atoms with van der Waals surface area (Å²) >= 11 is 0. The minimum atomic E-state index is 0.144. The Morgan fingerprint density at radius 2 is 1.72 bits per heavy atom. The second-order valence-electron chi connectivity index (χ2n) is 4.58. The average molecular weight is 235 g/mol. The van der Waals surface area contributed by atoms with Gasteiger partial charge in [-0.2, -0.15) is 0 Å². The molecule has 0 aliphatic heterocycles. The quantitative estimate of drug-likeness (QED) is 0.770. The van der Waals surface area contributed by atoms with Gasteiger partial charge in [-0.3, -0.25) is 4.98 Å². The van der Waals surface area contributed by atoms with Gasteiger partial charge >= 0.3 is 0 Å².